The highest BCUT2D eigenvalue weighted by molar-refractivity contribution is 5.94. The van der Waals surface area contributed by atoms with E-state index in [4.69, 9.17) is 0 Å². The van der Waals surface area contributed by atoms with E-state index in [0.29, 0.717) is 35.7 Å². The summed E-state index contributed by atoms with van der Waals surface area (Å²) in [6.45, 7) is 10.4. The zero-order valence-corrected chi connectivity index (χ0v) is 21.4. The number of aromatic nitrogens is 6. The maximum atomic E-state index is 14.8. The first-order chi connectivity index (χ1) is 17.8. The number of amides is 1. The number of carbonyl (C=O) groups is 1. The van der Waals surface area contributed by atoms with Crippen LogP contribution in [-0.2, 0) is 7.05 Å². The highest BCUT2D eigenvalue weighted by atomic mass is 19.1. The van der Waals surface area contributed by atoms with Gasteiger partial charge in [0.1, 0.15) is 11.5 Å². The molecule has 1 aliphatic heterocycles. The second-order valence-corrected chi connectivity index (χ2v) is 9.43. The summed E-state index contributed by atoms with van der Waals surface area (Å²) in [4.78, 5) is 34.2. The number of carbonyl (C=O) groups excluding carboxylic acids is 1. The maximum absolute atomic E-state index is 14.8. The monoisotopic (exact) mass is 503 g/mol. The summed E-state index contributed by atoms with van der Waals surface area (Å²) in [5.74, 6) is 0.274. The number of piperazine rings is 1. The van der Waals surface area contributed by atoms with Crippen LogP contribution in [0.3, 0.4) is 0 Å². The molecule has 37 heavy (non-hydrogen) atoms. The van der Waals surface area contributed by atoms with Gasteiger partial charge in [0.05, 0.1) is 17.5 Å². The minimum atomic E-state index is -0.557. The van der Waals surface area contributed by atoms with Gasteiger partial charge in [-0.2, -0.15) is 5.10 Å². The Morgan fingerprint density at radius 2 is 1.86 bits per heavy atom. The van der Waals surface area contributed by atoms with Gasteiger partial charge < -0.3 is 15.1 Å². The van der Waals surface area contributed by atoms with Crippen molar-refractivity contribution in [1.29, 1.82) is 0 Å². The molecule has 0 aromatic carbocycles. The molecule has 11 heteroatoms. The Bertz CT molecular complexity index is 1430. The van der Waals surface area contributed by atoms with Crippen molar-refractivity contribution in [3.8, 4) is 11.3 Å². The molecule has 10 nitrogen and oxygen atoms in total. The lowest BCUT2D eigenvalue weighted by Crippen LogP contribution is -2.48. The number of anilines is 2. The van der Waals surface area contributed by atoms with Gasteiger partial charge in [0.15, 0.2) is 11.5 Å². The van der Waals surface area contributed by atoms with Gasteiger partial charge in [0.2, 0.25) is 5.95 Å². The number of nitrogens with zero attached hydrogens (tertiary/aromatic N) is 8. The van der Waals surface area contributed by atoms with Crippen LogP contribution in [0.4, 0.5) is 16.2 Å². The molecule has 0 radical (unpaired) electrons. The lowest BCUT2D eigenvalue weighted by Gasteiger charge is -2.34. The number of halogens is 1. The van der Waals surface area contributed by atoms with Crippen LogP contribution in [0.15, 0.2) is 36.8 Å². The minimum Gasteiger partial charge on any atom is -0.336 e. The molecule has 5 heterocycles. The average Bonchev–Trinajstić information content (AvgIpc) is 3.25. The minimum absolute atomic E-state index is 0.0332. The predicted octanol–water partition coefficient (Wildman–Crippen LogP) is 3.60. The molecule has 1 amide bonds. The smallest absolute Gasteiger partial charge is 0.255 e. The molecular weight excluding hydrogens is 473 g/mol. The molecular formula is C26H30FN9O. The molecule has 4 aromatic rings. The largest absolute Gasteiger partial charge is 0.336 e. The van der Waals surface area contributed by atoms with Crippen LogP contribution < -0.4 is 5.32 Å². The van der Waals surface area contributed by atoms with Gasteiger partial charge in [0.25, 0.3) is 5.91 Å². The predicted molar refractivity (Wildman–Crippen MR) is 139 cm³/mol. The Balaban J connectivity index is 1.34. The van der Waals surface area contributed by atoms with Gasteiger partial charge in [-0.1, -0.05) is 20.8 Å². The summed E-state index contributed by atoms with van der Waals surface area (Å²) in [5, 5.41) is 8.32. The molecule has 4 aromatic heterocycles. The summed E-state index contributed by atoms with van der Waals surface area (Å²) in [6.07, 6.45) is 4.22. The number of rotatable bonds is 6. The molecule has 1 fully saturated rings. The third-order valence-electron chi connectivity index (χ3n) is 6.66. The molecule has 0 aliphatic carbocycles. The van der Waals surface area contributed by atoms with E-state index in [1.165, 1.54) is 6.20 Å². The Morgan fingerprint density at radius 3 is 2.54 bits per heavy atom. The first-order valence-corrected chi connectivity index (χ1v) is 12.4. The van der Waals surface area contributed by atoms with Crippen LogP contribution in [0.25, 0.3) is 22.3 Å². The van der Waals surface area contributed by atoms with Gasteiger partial charge in [-0.05, 0) is 30.7 Å². The Morgan fingerprint density at radius 1 is 1.08 bits per heavy atom. The zero-order chi connectivity index (χ0) is 26.1. The molecule has 0 atom stereocenters. The number of aryl methyl sites for hydroxylation is 1. The van der Waals surface area contributed by atoms with Crippen LogP contribution >= 0.6 is 0 Å². The van der Waals surface area contributed by atoms with Crippen molar-refractivity contribution in [2.75, 3.05) is 38.0 Å². The SMILES string of the molecule is CCN1CCN(C(=O)c2ccc(Nc3ncc(F)c(-c4cnc5nn(C)c(C(C)C)c5c4)n3)nc2)CC1. The third kappa shape index (κ3) is 4.99. The Labute approximate surface area is 214 Å². The van der Waals surface area contributed by atoms with E-state index >= 15 is 0 Å². The molecule has 1 N–H and O–H groups in total. The average molecular weight is 504 g/mol. The van der Waals surface area contributed by atoms with Crippen molar-refractivity contribution in [1.82, 2.24) is 39.5 Å². The second-order valence-electron chi connectivity index (χ2n) is 9.43. The van der Waals surface area contributed by atoms with Gasteiger partial charge in [0, 0.05) is 56.6 Å². The van der Waals surface area contributed by atoms with Gasteiger partial charge in [-0.3, -0.25) is 9.48 Å². The van der Waals surface area contributed by atoms with E-state index in [2.05, 4.69) is 56.0 Å². The fourth-order valence-electron chi connectivity index (χ4n) is 4.70. The molecule has 0 saturated carbocycles. The Kier molecular flexibility index (Phi) is 6.79. The highest BCUT2D eigenvalue weighted by Gasteiger charge is 2.22. The molecule has 1 saturated heterocycles. The maximum Gasteiger partial charge on any atom is 0.255 e. The number of fused-ring (bicyclic) bond motifs is 1. The van der Waals surface area contributed by atoms with Crippen LogP contribution in [0.1, 0.15) is 42.7 Å². The van der Waals surface area contributed by atoms with E-state index < -0.39 is 5.82 Å². The lowest BCUT2D eigenvalue weighted by molar-refractivity contribution is 0.0643. The van der Waals surface area contributed by atoms with Crippen molar-refractivity contribution in [2.45, 2.75) is 26.7 Å². The summed E-state index contributed by atoms with van der Waals surface area (Å²) in [7, 11) is 1.88. The van der Waals surface area contributed by atoms with Crippen LogP contribution in [0.2, 0.25) is 0 Å². The number of nitrogens with one attached hydrogen (secondary N) is 1. The lowest BCUT2D eigenvalue weighted by atomic mass is 10.1. The quantitative estimate of drug-likeness (QED) is 0.426. The van der Waals surface area contributed by atoms with E-state index in [1.807, 2.05) is 18.0 Å². The van der Waals surface area contributed by atoms with E-state index in [-0.39, 0.29) is 23.5 Å². The normalized spacial score (nSPS) is 14.5. The van der Waals surface area contributed by atoms with Crippen molar-refractivity contribution in [3.05, 3.63) is 53.9 Å². The van der Waals surface area contributed by atoms with E-state index in [0.717, 1.165) is 36.9 Å². The molecule has 0 bridgehead atoms. The third-order valence-corrected chi connectivity index (χ3v) is 6.66. The molecule has 192 valence electrons. The highest BCUT2D eigenvalue weighted by Crippen LogP contribution is 2.29. The summed E-state index contributed by atoms with van der Waals surface area (Å²) >= 11 is 0. The van der Waals surface area contributed by atoms with Crippen LogP contribution in [-0.4, -0.2) is 78.1 Å². The topological polar surface area (TPSA) is 105 Å². The van der Waals surface area contributed by atoms with Gasteiger partial charge in [-0.25, -0.2) is 24.3 Å². The summed E-state index contributed by atoms with van der Waals surface area (Å²) in [5.41, 5.74) is 2.80. The van der Waals surface area contributed by atoms with Crippen LogP contribution in [0.5, 0.6) is 0 Å². The first-order valence-electron chi connectivity index (χ1n) is 12.4. The second kappa shape index (κ2) is 10.2. The fraction of sp³-hybridized carbons (Fsp3) is 0.385. The van der Waals surface area contributed by atoms with Gasteiger partial charge >= 0.3 is 0 Å². The van der Waals surface area contributed by atoms with Crippen molar-refractivity contribution in [3.63, 3.8) is 0 Å². The number of likely N-dealkylation sites (N-methyl/N-ethyl adjacent to an activating group) is 1. The molecule has 5 rings (SSSR count). The zero-order valence-electron chi connectivity index (χ0n) is 21.4. The summed E-state index contributed by atoms with van der Waals surface area (Å²) < 4.78 is 16.6. The van der Waals surface area contributed by atoms with Crippen LogP contribution in [0, 0.1) is 5.82 Å². The Hall–Kier alpha value is -3.99. The van der Waals surface area contributed by atoms with Crippen molar-refractivity contribution >= 4 is 28.7 Å². The number of hydrogen-bond acceptors (Lipinski definition) is 8. The molecule has 0 unspecified atom stereocenters. The number of pyridine rings is 2. The fourth-order valence-corrected chi connectivity index (χ4v) is 4.70. The number of hydrogen-bond donors (Lipinski definition) is 1. The molecule has 1 aliphatic rings. The van der Waals surface area contributed by atoms with Crippen molar-refractivity contribution in [2.24, 2.45) is 7.05 Å². The first kappa shape index (κ1) is 24.7. The standard InChI is InChI=1S/C26H30FN9O/c1-5-35-8-10-36(11-9-35)25(37)17-6-7-21(28-13-17)31-26-30-15-20(27)22(32-26)18-12-19-23(16(2)3)34(4)33-24(19)29-14-18/h6-7,12-16H,5,8-11H2,1-4H3,(H,28,30,31,32). The van der Waals surface area contributed by atoms with E-state index in [1.54, 1.807) is 23.0 Å². The molecule has 0 spiro atoms. The van der Waals surface area contributed by atoms with E-state index in [9.17, 15) is 9.18 Å². The summed E-state index contributed by atoms with van der Waals surface area (Å²) in [6, 6.07) is 5.28. The van der Waals surface area contributed by atoms with Crippen molar-refractivity contribution < 1.29 is 9.18 Å². The van der Waals surface area contributed by atoms with Gasteiger partial charge in [-0.15, -0.1) is 0 Å².